The molecular weight excluding hydrogens is 967 g/mol. The van der Waals surface area contributed by atoms with Crippen molar-refractivity contribution in [3.63, 3.8) is 0 Å². The Balaban J connectivity index is 1.19. The van der Waals surface area contributed by atoms with E-state index >= 15 is 0 Å². The second-order valence-corrected chi connectivity index (χ2v) is 21.7. The van der Waals surface area contributed by atoms with E-state index in [2.05, 4.69) is 208 Å². The molecule has 0 spiro atoms. The smallest absolute Gasteiger partial charge is 0.160 e. The highest BCUT2D eigenvalue weighted by atomic mass is 32.1. The number of rotatable bonds is 4. The van der Waals surface area contributed by atoms with Crippen molar-refractivity contribution in [1.82, 2.24) is 13.7 Å². The second kappa shape index (κ2) is 15.3. The Kier molecular flexibility index (Phi) is 8.36. The Morgan fingerprint density at radius 3 is 1.24 bits per heavy atom. The number of nitrogens with zero attached hydrogens (tertiary/aromatic N) is 5. The zero-order chi connectivity index (χ0) is 49.9. The van der Waals surface area contributed by atoms with Crippen LogP contribution in [0.5, 0.6) is 0 Å². The molecule has 6 heterocycles. The lowest BCUT2D eigenvalue weighted by atomic mass is 9.91. The van der Waals surface area contributed by atoms with Crippen LogP contribution in [0.15, 0.2) is 217 Å². The highest BCUT2D eigenvalue weighted by Crippen LogP contribution is 2.53. The number of furan rings is 1. The zero-order valence-corrected chi connectivity index (χ0v) is 41.8. The van der Waals surface area contributed by atoms with Crippen LogP contribution < -0.4 is 0 Å². The van der Waals surface area contributed by atoms with Crippen LogP contribution in [-0.4, -0.2) is 13.7 Å². The van der Waals surface area contributed by atoms with Crippen molar-refractivity contribution < 1.29 is 4.42 Å². The molecular formula is C68H35N5OS2. The molecule has 6 aromatic heterocycles. The van der Waals surface area contributed by atoms with Gasteiger partial charge in [0, 0.05) is 79.6 Å². The van der Waals surface area contributed by atoms with Gasteiger partial charge in [-0.25, -0.2) is 0 Å². The number of thiophene rings is 2. The van der Waals surface area contributed by atoms with E-state index in [1.807, 2.05) is 30.3 Å². The monoisotopic (exact) mass is 1000 g/mol. The van der Waals surface area contributed by atoms with E-state index < -0.39 is 0 Å². The van der Waals surface area contributed by atoms with Crippen molar-refractivity contribution >= 4 is 150 Å². The third kappa shape index (κ3) is 5.30. The predicted octanol–water partition coefficient (Wildman–Crippen LogP) is 19.0. The van der Waals surface area contributed by atoms with Crippen LogP contribution in [0.4, 0.5) is 0 Å². The number of hydrogen-bond acceptors (Lipinski definition) is 5. The van der Waals surface area contributed by atoms with Crippen LogP contribution in [0.1, 0.15) is 11.1 Å². The van der Waals surface area contributed by atoms with Gasteiger partial charge in [0.1, 0.15) is 28.8 Å². The zero-order valence-electron chi connectivity index (χ0n) is 40.2. The van der Waals surface area contributed by atoms with E-state index in [1.165, 1.54) is 20.2 Å². The predicted molar refractivity (Wildman–Crippen MR) is 317 cm³/mol. The summed E-state index contributed by atoms with van der Waals surface area (Å²) in [5.74, 6) is 0. The average molecular weight is 1000 g/mol. The van der Waals surface area contributed by atoms with E-state index in [9.17, 15) is 10.5 Å². The molecule has 0 aliphatic carbocycles. The first kappa shape index (κ1) is 41.5. The number of fused-ring (bicyclic) bond motifs is 21. The Hall–Kier alpha value is -9.96. The highest BCUT2D eigenvalue weighted by molar-refractivity contribution is 7.27. The molecule has 350 valence electrons. The first-order valence-electron chi connectivity index (χ1n) is 25.3. The largest absolute Gasteiger partial charge is 0.454 e. The summed E-state index contributed by atoms with van der Waals surface area (Å²) < 4.78 is 18.5. The third-order valence-corrected chi connectivity index (χ3v) is 18.3. The van der Waals surface area contributed by atoms with Crippen molar-refractivity contribution in [2.24, 2.45) is 0 Å². The average Bonchev–Trinajstić information content (AvgIpc) is 4.47. The molecule has 0 amide bonds. The van der Waals surface area contributed by atoms with Crippen LogP contribution in [0.3, 0.4) is 0 Å². The molecule has 11 aromatic carbocycles. The minimum Gasteiger partial charge on any atom is -0.454 e. The maximum Gasteiger partial charge on any atom is 0.160 e. The van der Waals surface area contributed by atoms with Gasteiger partial charge in [-0.15, -0.1) is 22.7 Å². The highest BCUT2D eigenvalue weighted by Gasteiger charge is 2.35. The number of nitriles is 2. The summed E-state index contributed by atoms with van der Waals surface area (Å²) in [7, 11) is 0. The molecule has 0 N–H and O–H groups in total. The first-order chi connectivity index (χ1) is 37.7. The summed E-state index contributed by atoms with van der Waals surface area (Å²) in [4.78, 5) is 0. The SMILES string of the molecule is N#Cc1c(-n2c3ccccc3c3ccc4c5ccccc5oc4c32)c(C#N)c(-n2c3ccccc3c3ccc4c5ccccc5sc4c32)c(-c2ccccc2)c1-n1c2ccccc2c2ccc3c4ccccc4sc3c21. The number of para-hydroxylation sites is 4. The Labute approximate surface area is 440 Å². The molecule has 0 aliphatic rings. The van der Waals surface area contributed by atoms with Crippen LogP contribution in [-0.2, 0) is 0 Å². The van der Waals surface area contributed by atoms with Gasteiger partial charge in [-0.05, 0) is 48.0 Å². The minimum atomic E-state index is 0.364. The van der Waals surface area contributed by atoms with Gasteiger partial charge in [0.25, 0.3) is 0 Å². The quantitative estimate of drug-likeness (QED) is 0.176. The van der Waals surface area contributed by atoms with Crippen molar-refractivity contribution in [1.29, 1.82) is 10.5 Å². The molecule has 0 unspecified atom stereocenters. The second-order valence-electron chi connectivity index (χ2n) is 19.6. The summed E-state index contributed by atoms with van der Waals surface area (Å²) >= 11 is 3.56. The lowest BCUT2D eigenvalue weighted by Crippen LogP contribution is -2.14. The number of hydrogen-bond donors (Lipinski definition) is 0. The Bertz CT molecular complexity index is 5290. The van der Waals surface area contributed by atoms with E-state index in [0.717, 1.165) is 113 Å². The van der Waals surface area contributed by atoms with Gasteiger partial charge in [-0.1, -0.05) is 170 Å². The number of benzene rings is 11. The van der Waals surface area contributed by atoms with Gasteiger partial charge in [-0.3, -0.25) is 0 Å². The van der Waals surface area contributed by atoms with E-state index in [-0.39, 0.29) is 0 Å². The standard InChI is InChI=1S/C68H35N5OS2/c69-36-51-60(71-53-24-10-4-18-39(53)45-30-33-48-42-21-7-13-27-56(42)74-66(48)63(45)71)52(37-70)62(73-55-26-12-6-20-41(55)47-32-35-50-44-23-9-15-29-58(44)76-68(50)65(47)73)59(38-16-2-1-3-17-38)61(51)72-54-25-11-5-19-40(54)46-31-34-49-43-22-8-14-28-57(43)75-67(49)64(46)72/h1-35H. The van der Waals surface area contributed by atoms with Gasteiger partial charge < -0.3 is 18.1 Å². The molecule has 0 fully saturated rings. The third-order valence-electron chi connectivity index (χ3n) is 15.9. The van der Waals surface area contributed by atoms with E-state index in [1.54, 1.807) is 22.7 Å². The normalized spacial score (nSPS) is 12.2. The topological polar surface area (TPSA) is 75.5 Å². The maximum absolute atomic E-state index is 12.6. The molecule has 0 bridgehead atoms. The summed E-state index contributed by atoms with van der Waals surface area (Å²) in [6.45, 7) is 0. The summed E-state index contributed by atoms with van der Waals surface area (Å²) in [6, 6.07) is 80.5. The molecule has 6 nitrogen and oxygen atoms in total. The van der Waals surface area contributed by atoms with Crippen LogP contribution >= 0.6 is 22.7 Å². The summed E-state index contributed by atoms with van der Waals surface area (Å²) in [6.07, 6.45) is 0. The first-order valence-corrected chi connectivity index (χ1v) is 26.9. The van der Waals surface area contributed by atoms with E-state index in [4.69, 9.17) is 4.42 Å². The molecule has 76 heavy (non-hydrogen) atoms. The van der Waals surface area contributed by atoms with Crippen LogP contribution in [0.25, 0.3) is 156 Å². The van der Waals surface area contributed by atoms with Gasteiger partial charge in [0.05, 0.1) is 59.6 Å². The molecule has 17 aromatic rings. The molecule has 0 aliphatic heterocycles. The minimum absolute atomic E-state index is 0.364. The van der Waals surface area contributed by atoms with E-state index in [0.29, 0.717) is 33.8 Å². The molecule has 0 saturated heterocycles. The van der Waals surface area contributed by atoms with Gasteiger partial charge >= 0.3 is 0 Å². The van der Waals surface area contributed by atoms with Crippen molar-refractivity contribution in [3.05, 3.63) is 223 Å². The molecule has 0 saturated carbocycles. The van der Waals surface area contributed by atoms with Gasteiger partial charge in [0.2, 0.25) is 0 Å². The number of aromatic nitrogens is 3. The summed E-state index contributed by atoms with van der Waals surface area (Å²) in [5, 5.41) is 38.1. The van der Waals surface area contributed by atoms with Gasteiger partial charge in [-0.2, -0.15) is 10.5 Å². The molecule has 0 radical (unpaired) electrons. The fraction of sp³-hybridized carbons (Fsp3) is 0. The summed E-state index contributed by atoms with van der Waals surface area (Å²) in [5.41, 5.74) is 11.2. The molecule has 0 atom stereocenters. The lowest BCUT2D eigenvalue weighted by molar-refractivity contribution is 0.671. The van der Waals surface area contributed by atoms with Crippen molar-refractivity contribution in [2.75, 3.05) is 0 Å². The maximum atomic E-state index is 12.6. The molecule has 17 rings (SSSR count). The van der Waals surface area contributed by atoms with Crippen LogP contribution in [0, 0.1) is 22.7 Å². The van der Waals surface area contributed by atoms with Crippen molar-refractivity contribution in [3.8, 4) is 40.3 Å². The van der Waals surface area contributed by atoms with Crippen LogP contribution in [0.2, 0.25) is 0 Å². The van der Waals surface area contributed by atoms with Crippen molar-refractivity contribution in [2.45, 2.75) is 0 Å². The Morgan fingerprint density at radius 1 is 0.329 bits per heavy atom. The fourth-order valence-corrected chi connectivity index (χ4v) is 15.3. The van der Waals surface area contributed by atoms with Gasteiger partial charge in [0.15, 0.2) is 5.58 Å². The lowest BCUT2D eigenvalue weighted by Gasteiger charge is -2.26. The molecule has 8 heteroatoms. The fourth-order valence-electron chi connectivity index (χ4n) is 12.9. The Morgan fingerprint density at radius 2 is 0.724 bits per heavy atom.